The fraction of sp³-hybridized carbons (Fsp3) is 0.421. The van der Waals surface area contributed by atoms with E-state index in [0.717, 1.165) is 18.4 Å². The Bertz CT molecular complexity index is 581. The molecule has 0 spiro atoms. The van der Waals surface area contributed by atoms with Crippen molar-refractivity contribution in [3.05, 3.63) is 66.0 Å². The predicted molar refractivity (Wildman–Crippen MR) is 84.9 cm³/mol. The van der Waals surface area contributed by atoms with Gasteiger partial charge >= 0.3 is 0 Å². The van der Waals surface area contributed by atoms with Crippen LogP contribution in [0.3, 0.4) is 0 Å². The Labute approximate surface area is 126 Å². The zero-order valence-electron chi connectivity index (χ0n) is 12.3. The molecule has 108 valence electrons. The highest BCUT2D eigenvalue weighted by atomic mass is 15.0. The van der Waals surface area contributed by atoms with E-state index < -0.39 is 0 Å². The molecule has 0 saturated heterocycles. The number of rotatable bonds is 4. The van der Waals surface area contributed by atoms with Crippen LogP contribution >= 0.6 is 0 Å². The van der Waals surface area contributed by atoms with Crippen molar-refractivity contribution in [1.29, 1.82) is 0 Å². The van der Waals surface area contributed by atoms with Crippen molar-refractivity contribution in [3.63, 3.8) is 0 Å². The van der Waals surface area contributed by atoms with Crippen molar-refractivity contribution in [2.45, 2.75) is 37.8 Å². The van der Waals surface area contributed by atoms with Gasteiger partial charge in [-0.1, -0.05) is 42.8 Å². The minimum Gasteiger partial charge on any atom is -0.309 e. The number of hydrogen-bond acceptors (Lipinski definition) is 2. The molecule has 4 rings (SSSR count). The second-order valence-electron chi connectivity index (χ2n) is 6.46. The van der Waals surface area contributed by atoms with Gasteiger partial charge < -0.3 is 5.32 Å². The number of pyridine rings is 1. The van der Waals surface area contributed by atoms with Gasteiger partial charge in [-0.05, 0) is 41.9 Å². The highest BCUT2D eigenvalue weighted by Crippen LogP contribution is 2.55. The van der Waals surface area contributed by atoms with Crippen LogP contribution in [0.4, 0.5) is 0 Å². The van der Waals surface area contributed by atoms with E-state index in [0.29, 0.717) is 12.0 Å². The summed E-state index contributed by atoms with van der Waals surface area (Å²) in [4.78, 5) is 4.21. The molecular formula is C19H22N2. The SMILES string of the molecule is c1ccc([C@@H]2[C@H]3CCC[C@H]3[C@H]2NCc2cccnc2)cc1. The minimum absolute atomic E-state index is 0.639. The fourth-order valence-electron chi connectivity index (χ4n) is 4.44. The summed E-state index contributed by atoms with van der Waals surface area (Å²) in [5.74, 6) is 2.49. The summed E-state index contributed by atoms with van der Waals surface area (Å²) >= 11 is 0. The van der Waals surface area contributed by atoms with Crippen LogP contribution in [0, 0.1) is 11.8 Å². The fourth-order valence-corrected chi connectivity index (χ4v) is 4.44. The van der Waals surface area contributed by atoms with Crippen molar-refractivity contribution in [2.75, 3.05) is 0 Å². The third kappa shape index (κ3) is 2.38. The summed E-state index contributed by atoms with van der Waals surface area (Å²) < 4.78 is 0. The maximum absolute atomic E-state index is 4.21. The van der Waals surface area contributed by atoms with Gasteiger partial charge in [0.05, 0.1) is 0 Å². The van der Waals surface area contributed by atoms with Gasteiger partial charge in [0.15, 0.2) is 0 Å². The van der Waals surface area contributed by atoms with Crippen LogP contribution in [-0.2, 0) is 6.54 Å². The van der Waals surface area contributed by atoms with Gasteiger partial charge in [0.1, 0.15) is 0 Å². The highest BCUT2D eigenvalue weighted by molar-refractivity contribution is 5.28. The van der Waals surface area contributed by atoms with Gasteiger partial charge in [0.25, 0.3) is 0 Å². The lowest BCUT2D eigenvalue weighted by Crippen LogP contribution is -2.54. The van der Waals surface area contributed by atoms with Crippen LogP contribution in [0.1, 0.15) is 36.3 Å². The smallest absolute Gasteiger partial charge is 0.0312 e. The third-order valence-corrected chi connectivity index (χ3v) is 5.38. The zero-order chi connectivity index (χ0) is 14.1. The lowest BCUT2D eigenvalue weighted by atomic mass is 9.60. The quantitative estimate of drug-likeness (QED) is 0.921. The van der Waals surface area contributed by atoms with E-state index in [4.69, 9.17) is 0 Å². The average Bonchev–Trinajstić information content (AvgIpc) is 2.94. The molecule has 1 N–H and O–H groups in total. The molecule has 0 amide bonds. The molecule has 2 aliphatic rings. The van der Waals surface area contributed by atoms with Crippen molar-refractivity contribution >= 4 is 0 Å². The second kappa shape index (κ2) is 5.61. The highest BCUT2D eigenvalue weighted by Gasteiger charge is 2.52. The van der Waals surface area contributed by atoms with Gasteiger partial charge in [0, 0.05) is 30.9 Å². The lowest BCUT2D eigenvalue weighted by Gasteiger charge is -2.50. The number of hydrogen-bond donors (Lipinski definition) is 1. The predicted octanol–water partition coefficient (Wildman–Crippen LogP) is 3.75. The third-order valence-electron chi connectivity index (χ3n) is 5.38. The Hall–Kier alpha value is -1.67. The van der Waals surface area contributed by atoms with E-state index in [-0.39, 0.29) is 0 Å². The molecule has 0 aliphatic heterocycles. The summed E-state index contributed by atoms with van der Waals surface area (Å²) in [7, 11) is 0. The van der Waals surface area contributed by atoms with Crippen molar-refractivity contribution in [1.82, 2.24) is 10.3 Å². The molecule has 0 bridgehead atoms. The summed E-state index contributed by atoms with van der Waals surface area (Å²) in [6.45, 7) is 0.936. The first-order valence-corrected chi connectivity index (χ1v) is 8.11. The maximum Gasteiger partial charge on any atom is 0.0312 e. The molecule has 2 nitrogen and oxygen atoms in total. The Morgan fingerprint density at radius 1 is 1.00 bits per heavy atom. The van der Waals surface area contributed by atoms with Crippen LogP contribution in [0.5, 0.6) is 0 Å². The van der Waals surface area contributed by atoms with Gasteiger partial charge in [-0.15, -0.1) is 0 Å². The Morgan fingerprint density at radius 2 is 1.86 bits per heavy atom. The van der Waals surface area contributed by atoms with E-state index in [1.807, 2.05) is 18.5 Å². The molecule has 2 saturated carbocycles. The molecule has 1 heterocycles. The Balaban J connectivity index is 1.50. The van der Waals surface area contributed by atoms with Gasteiger partial charge in [0.2, 0.25) is 0 Å². The molecule has 21 heavy (non-hydrogen) atoms. The van der Waals surface area contributed by atoms with Crippen LogP contribution in [-0.4, -0.2) is 11.0 Å². The molecule has 2 aliphatic carbocycles. The van der Waals surface area contributed by atoms with E-state index in [2.05, 4.69) is 46.7 Å². The number of nitrogens with zero attached hydrogens (tertiary/aromatic N) is 1. The lowest BCUT2D eigenvalue weighted by molar-refractivity contribution is 0.0940. The van der Waals surface area contributed by atoms with E-state index in [1.54, 1.807) is 0 Å². The summed E-state index contributed by atoms with van der Waals surface area (Å²) in [5.41, 5.74) is 2.80. The van der Waals surface area contributed by atoms with Crippen LogP contribution in [0.25, 0.3) is 0 Å². The van der Waals surface area contributed by atoms with Crippen LogP contribution in [0.15, 0.2) is 54.9 Å². The van der Waals surface area contributed by atoms with E-state index in [9.17, 15) is 0 Å². The second-order valence-corrected chi connectivity index (χ2v) is 6.46. The first-order valence-electron chi connectivity index (χ1n) is 8.11. The number of fused-ring (bicyclic) bond motifs is 1. The molecule has 2 fully saturated rings. The zero-order valence-corrected chi connectivity index (χ0v) is 12.3. The molecule has 1 aromatic carbocycles. The van der Waals surface area contributed by atoms with Gasteiger partial charge in [-0.3, -0.25) is 4.98 Å². The monoisotopic (exact) mass is 278 g/mol. The van der Waals surface area contributed by atoms with Crippen LogP contribution in [0.2, 0.25) is 0 Å². The summed E-state index contributed by atoms with van der Waals surface area (Å²) in [6, 6.07) is 15.9. The average molecular weight is 278 g/mol. The maximum atomic E-state index is 4.21. The summed E-state index contributed by atoms with van der Waals surface area (Å²) in [5, 5.41) is 3.82. The van der Waals surface area contributed by atoms with Crippen molar-refractivity contribution in [2.24, 2.45) is 11.8 Å². The summed E-state index contributed by atoms with van der Waals surface area (Å²) in [6.07, 6.45) is 8.03. The first-order chi connectivity index (χ1) is 10.4. The standard InChI is InChI=1S/C19H22N2/c1-2-7-15(8-3-1)18-16-9-4-10-17(16)19(18)21-13-14-6-5-11-20-12-14/h1-3,5-8,11-12,16-19,21H,4,9-10,13H2/t16-,17+,18+,19+/m0/s1. The normalized spacial score (nSPS) is 30.7. The van der Waals surface area contributed by atoms with Gasteiger partial charge in [-0.2, -0.15) is 0 Å². The number of aromatic nitrogens is 1. The molecule has 2 aromatic rings. The first kappa shape index (κ1) is 13.0. The van der Waals surface area contributed by atoms with E-state index >= 15 is 0 Å². The van der Waals surface area contributed by atoms with Crippen LogP contribution < -0.4 is 5.32 Å². The van der Waals surface area contributed by atoms with E-state index in [1.165, 1.54) is 30.4 Å². The van der Waals surface area contributed by atoms with Crippen molar-refractivity contribution < 1.29 is 0 Å². The molecular weight excluding hydrogens is 256 g/mol. The van der Waals surface area contributed by atoms with Gasteiger partial charge in [-0.25, -0.2) is 0 Å². The molecule has 4 atom stereocenters. The Kier molecular flexibility index (Phi) is 3.48. The largest absolute Gasteiger partial charge is 0.309 e. The Morgan fingerprint density at radius 3 is 2.67 bits per heavy atom. The minimum atomic E-state index is 0.639. The molecule has 0 radical (unpaired) electrons. The van der Waals surface area contributed by atoms with Crippen molar-refractivity contribution in [3.8, 4) is 0 Å². The molecule has 2 heteroatoms. The topological polar surface area (TPSA) is 24.9 Å². The molecule has 1 aromatic heterocycles. The number of nitrogens with one attached hydrogen (secondary N) is 1. The number of benzene rings is 1. The molecule has 0 unspecified atom stereocenters.